The van der Waals surface area contributed by atoms with E-state index in [4.69, 9.17) is 22.3 Å². The van der Waals surface area contributed by atoms with Gasteiger partial charge >= 0.3 is 0 Å². The molecular formula is C17H15ClN6OS2. The summed E-state index contributed by atoms with van der Waals surface area (Å²) in [7, 11) is 0. The van der Waals surface area contributed by atoms with Crippen molar-refractivity contribution in [1.29, 1.82) is 0 Å². The summed E-state index contributed by atoms with van der Waals surface area (Å²) in [6.45, 7) is 2.03. The SMILES string of the molecule is CCc1[nH]n2c(=O)cc(CSc3nnc(N)s3)nc2c1-c1ccc(Cl)cc1. The number of nitrogens with one attached hydrogen (secondary N) is 1. The van der Waals surface area contributed by atoms with E-state index in [0.29, 0.717) is 27.2 Å². The Morgan fingerprint density at radius 2 is 2.07 bits per heavy atom. The summed E-state index contributed by atoms with van der Waals surface area (Å²) >= 11 is 8.78. The average molecular weight is 419 g/mol. The maximum atomic E-state index is 12.6. The van der Waals surface area contributed by atoms with Gasteiger partial charge in [-0.05, 0) is 24.1 Å². The molecule has 4 aromatic rings. The fraction of sp³-hybridized carbons (Fsp3) is 0.176. The summed E-state index contributed by atoms with van der Waals surface area (Å²) in [5, 5.41) is 12.0. The quantitative estimate of drug-likeness (QED) is 0.480. The van der Waals surface area contributed by atoms with Gasteiger partial charge < -0.3 is 5.73 Å². The summed E-state index contributed by atoms with van der Waals surface area (Å²) in [4.78, 5) is 17.3. The molecule has 3 N–H and O–H groups in total. The van der Waals surface area contributed by atoms with Gasteiger partial charge in [0.15, 0.2) is 9.99 Å². The summed E-state index contributed by atoms with van der Waals surface area (Å²) in [6, 6.07) is 9.06. The first-order valence-electron chi connectivity index (χ1n) is 8.16. The van der Waals surface area contributed by atoms with Crippen LogP contribution in [-0.2, 0) is 12.2 Å². The predicted octanol–water partition coefficient (Wildman–Crippen LogP) is 3.63. The molecule has 0 saturated heterocycles. The molecule has 0 unspecified atom stereocenters. The highest BCUT2D eigenvalue weighted by molar-refractivity contribution is 8.00. The zero-order valence-corrected chi connectivity index (χ0v) is 16.7. The third-order valence-electron chi connectivity index (χ3n) is 4.00. The minimum absolute atomic E-state index is 0.151. The highest BCUT2D eigenvalue weighted by Crippen LogP contribution is 2.30. The van der Waals surface area contributed by atoms with Crippen LogP contribution in [-0.4, -0.2) is 24.8 Å². The van der Waals surface area contributed by atoms with E-state index in [-0.39, 0.29) is 5.56 Å². The molecule has 0 aliphatic rings. The minimum Gasteiger partial charge on any atom is -0.374 e. The first-order chi connectivity index (χ1) is 13.0. The number of nitrogens with zero attached hydrogens (tertiary/aromatic N) is 4. The van der Waals surface area contributed by atoms with Gasteiger partial charge in [-0.2, -0.15) is 0 Å². The maximum Gasteiger partial charge on any atom is 0.272 e. The van der Waals surface area contributed by atoms with Crippen LogP contribution in [0.3, 0.4) is 0 Å². The van der Waals surface area contributed by atoms with Crippen molar-refractivity contribution in [1.82, 2.24) is 24.8 Å². The highest BCUT2D eigenvalue weighted by Gasteiger charge is 2.16. The van der Waals surface area contributed by atoms with Gasteiger partial charge in [-0.15, -0.1) is 10.2 Å². The molecule has 0 saturated carbocycles. The van der Waals surface area contributed by atoms with Crippen molar-refractivity contribution in [2.24, 2.45) is 0 Å². The molecule has 138 valence electrons. The summed E-state index contributed by atoms with van der Waals surface area (Å²) < 4.78 is 2.23. The van der Waals surface area contributed by atoms with Crippen LogP contribution in [0.5, 0.6) is 0 Å². The molecule has 4 rings (SSSR count). The third kappa shape index (κ3) is 3.58. The molecule has 7 nitrogen and oxygen atoms in total. The van der Waals surface area contributed by atoms with Crippen LogP contribution in [0.15, 0.2) is 39.5 Å². The monoisotopic (exact) mass is 418 g/mol. The standard InChI is InChI=1S/C17H15ClN6OS2/c1-2-12-14(9-3-5-10(18)6-4-9)15-20-11(7-13(25)24(15)23-12)8-26-17-22-21-16(19)27-17/h3-7,23H,2,8H2,1H3,(H2,19,21). The molecule has 0 aliphatic heterocycles. The number of nitrogens with two attached hydrogens (primary N) is 1. The molecule has 27 heavy (non-hydrogen) atoms. The Morgan fingerprint density at radius 1 is 1.30 bits per heavy atom. The molecule has 0 bridgehead atoms. The number of fused-ring (bicyclic) bond motifs is 1. The Bertz CT molecular complexity index is 1160. The van der Waals surface area contributed by atoms with E-state index < -0.39 is 0 Å². The molecule has 0 amide bonds. The van der Waals surface area contributed by atoms with Gasteiger partial charge in [0.1, 0.15) is 0 Å². The van der Waals surface area contributed by atoms with Gasteiger partial charge in [0, 0.05) is 28.1 Å². The summed E-state index contributed by atoms with van der Waals surface area (Å²) in [5.74, 6) is 0.507. The molecule has 0 aliphatic carbocycles. The maximum absolute atomic E-state index is 12.6. The second-order valence-electron chi connectivity index (χ2n) is 5.77. The van der Waals surface area contributed by atoms with Crippen molar-refractivity contribution in [3.8, 4) is 11.1 Å². The number of hydrogen-bond acceptors (Lipinski definition) is 7. The Kier molecular flexibility index (Phi) is 4.90. The Balaban J connectivity index is 1.78. The van der Waals surface area contributed by atoms with Gasteiger partial charge in [-0.25, -0.2) is 9.50 Å². The number of thioether (sulfide) groups is 1. The van der Waals surface area contributed by atoms with E-state index in [2.05, 4.69) is 15.3 Å². The summed E-state index contributed by atoms with van der Waals surface area (Å²) in [6.07, 6.45) is 0.745. The van der Waals surface area contributed by atoms with Crippen LogP contribution in [0.1, 0.15) is 18.3 Å². The number of anilines is 1. The van der Waals surface area contributed by atoms with Crippen LogP contribution in [0.4, 0.5) is 5.13 Å². The Morgan fingerprint density at radius 3 is 2.74 bits per heavy atom. The molecule has 3 aromatic heterocycles. The number of aryl methyl sites for hydroxylation is 1. The number of nitrogen functional groups attached to an aromatic ring is 1. The van der Waals surface area contributed by atoms with Gasteiger partial charge in [0.25, 0.3) is 5.56 Å². The molecule has 0 atom stereocenters. The summed E-state index contributed by atoms with van der Waals surface area (Å²) in [5.41, 5.74) is 9.56. The smallest absolute Gasteiger partial charge is 0.272 e. The Labute approximate surface area is 167 Å². The van der Waals surface area contributed by atoms with Crippen LogP contribution in [0.2, 0.25) is 5.02 Å². The lowest BCUT2D eigenvalue weighted by molar-refractivity contribution is 0.851. The van der Waals surface area contributed by atoms with Crippen LogP contribution < -0.4 is 11.3 Å². The van der Waals surface area contributed by atoms with Crippen molar-refractivity contribution in [3.63, 3.8) is 0 Å². The van der Waals surface area contributed by atoms with Gasteiger partial charge in [-0.1, -0.05) is 53.8 Å². The number of aromatic amines is 1. The van der Waals surface area contributed by atoms with Crippen molar-refractivity contribution in [3.05, 3.63) is 57.1 Å². The lowest BCUT2D eigenvalue weighted by Gasteiger charge is -2.03. The molecule has 1 aromatic carbocycles. The fourth-order valence-corrected chi connectivity index (χ4v) is 4.45. The van der Waals surface area contributed by atoms with Crippen LogP contribution >= 0.6 is 34.7 Å². The van der Waals surface area contributed by atoms with Crippen molar-refractivity contribution < 1.29 is 0 Å². The van der Waals surface area contributed by atoms with Crippen molar-refractivity contribution >= 4 is 45.5 Å². The van der Waals surface area contributed by atoms with Crippen LogP contribution in [0.25, 0.3) is 16.8 Å². The molecule has 0 spiro atoms. The van der Waals surface area contributed by atoms with Gasteiger partial charge in [0.2, 0.25) is 5.13 Å². The van der Waals surface area contributed by atoms with Crippen LogP contribution in [0, 0.1) is 0 Å². The minimum atomic E-state index is -0.151. The second-order valence-corrected chi connectivity index (χ2v) is 8.43. The number of halogens is 1. The number of aromatic nitrogens is 5. The zero-order valence-electron chi connectivity index (χ0n) is 14.3. The predicted molar refractivity (Wildman–Crippen MR) is 110 cm³/mol. The largest absolute Gasteiger partial charge is 0.374 e. The number of H-pyrrole nitrogens is 1. The third-order valence-corrected chi connectivity index (χ3v) is 6.17. The fourth-order valence-electron chi connectivity index (χ4n) is 2.80. The molecule has 0 radical (unpaired) electrons. The number of benzene rings is 1. The van der Waals surface area contributed by atoms with E-state index in [1.807, 2.05) is 31.2 Å². The van der Waals surface area contributed by atoms with Crippen molar-refractivity contribution in [2.45, 2.75) is 23.4 Å². The topological polar surface area (TPSA) is 102 Å². The van der Waals surface area contributed by atoms with E-state index in [0.717, 1.165) is 27.6 Å². The van der Waals surface area contributed by atoms with Crippen molar-refractivity contribution in [2.75, 3.05) is 5.73 Å². The Hall–Kier alpha value is -2.36. The number of rotatable bonds is 5. The van der Waals surface area contributed by atoms with Gasteiger partial charge in [-0.3, -0.25) is 9.89 Å². The second kappa shape index (κ2) is 7.34. The highest BCUT2D eigenvalue weighted by atomic mass is 35.5. The zero-order chi connectivity index (χ0) is 19.0. The molecule has 3 heterocycles. The lowest BCUT2D eigenvalue weighted by Crippen LogP contribution is -2.15. The molecule has 10 heteroatoms. The first-order valence-corrected chi connectivity index (χ1v) is 10.3. The van der Waals surface area contributed by atoms with E-state index in [1.54, 1.807) is 0 Å². The lowest BCUT2D eigenvalue weighted by atomic mass is 10.0. The normalized spacial score (nSPS) is 11.3. The average Bonchev–Trinajstić information content (AvgIpc) is 3.24. The van der Waals surface area contributed by atoms with Gasteiger partial charge in [0.05, 0.1) is 5.69 Å². The van der Waals surface area contributed by atoms with E-state index >= 15 is 0 Å². The van der Waals surface area contributed by atoms with E-state index in [9.17, 15) is 4.79 Å². The first kappa shape index (κ1) is 18.0. The number of hydrogen-bond donors (Lipinski definition) is 2. The van der Waals surface area contributed by atoms with E-state index in [1.165, 1.54) is 33.7 Å². The molecule has 0 fully saturated rings. The molecular weight excluding hydrogens is 404 g/mol.